The molecule has 0 fully saturated rings. The number of furan rings is 1. The molecule has 0 bridgehead atoms. The van der Waals surface area contributed by atoms with E-state index in [9.17, 15) is 4.79 Å². The van der Waals surface area contributed by atoms with E-state index < -0.39 is 5.97 Å². The van der Waals surface area contributed by atoms with E-state index in [1.54, 1.807) is 25.3 Å². The molecule has 7 heteroatoms. The van der Waals surface area contributed by atoms with Crippen LogP contribution in [0.25, 0.3) is 11.5 Å². The lowest BCUT2D eigenvalue weighted by molar-refractivity contribution is 0.0438. The molecule has 0 amide bonds. The minimum Gasteiger partial charge on any atom is -0.496 e. The molecule has 2 heterocycles. The van der Waals surface area contributed by atoms with Crippen LogP contribution in [0.4, 0.5) is 0 Å². The van der Waals surface area contributed by atoms with Crippen molar-refractivity contribution in [2.45, 2.75) is 27.4 Å². The molecule has 0 atom stereocenters. The highest BCUT2D eigenvalue weighted by Gasteiger charge is 2.16. The van der Waals surface area contributed by atoms with Gasteiger partial charge in [-0.2, -0.15) is 0 Å². The molecule has 2 aromatic heterocycles. The zero-order valence-corrected chi connectivity index (χ0v) is 14.5. The maximum Gasteiger partial charge on any atom is 0.338 e. The summed E-state index contributed by atoms with van der Waals surface area (Å²) in [7, 11) is 1.55. The molecule has 0 spiro atoms. The SMILES string of the molecule is COc1cc(C(=O)OCc2nnc(-c3cc(C)oc3C)o2)ccc1C. The molecule has 0 aliphatic carbocycles. The molecular weight excluding hydrogens is 324 g/mol. The molecule has 0 saturated carbocycles. The molecule has 0 N–H and O–H groups in total. The second kappa shape index (κ2) is 6.80. The van der Waals surface area contributed by atoms with Crippen molar-refractivity contribution < 1.29 is 23.1 Å². The average molecular weight is 342 g/mol. The molecule has 0 radical (unpaired) electrons. The first-order valence-corrected chi connectivity index (χ1v) is 7.69. The summed E-state index contributed by atoms with van der Waals surface area (Å²) in [4.78, 5) is 12.1. The third kappa shape index (κ3) is 3.55. The van der Waals surface area contributed by atoms with Crippen LogP contribution in [0.2, 0.25) is 0 Å². The van der Waals surface area contributed by atoms with E-state index in [2.05, 4.69) is 10.2 Å². The van der Waals surface area contributed by atoms with Crippen molar-refractivity contribution in [2.75, 3.05) is 7.11 Å². The van der Waals surface area contributed by atoms with Crippen molar-refractivity contribution in [3.63, 3.8) is 0 Å². The molecule has 0 unspecified atom stereocenters. The van der Waals surface area contributed by atoms with Gasteiger partial charge in [-0.1, -0.05) is 6.07 Å². The Hall–Kier alpha value is -3.09. The van der Waals surface area contributed by atoms with Gasteiger partial charge in [0.25, 0.3) is 11.8 Å². The van der Waals surface area contributed by atoms with Gasteiger partial charge in [0.2, 0.25) is 0 Å². The monoisotopic (exact) mass is 342 g/mol. The number of carbonyl (C=O) groups excluding carboxylic acids is 1. The Labute approximate surface area is 144 Å². The van der Waals surface area contributed by atoms with Crippen LogP contribution < -0.4 is 4.74 Å². The van der Waals surface area contributed by atoms with Gasteiger partial charge in [0.15, 0.2) is 6.61 Å². The van der Waals surface area contributed by atoms with E-state index in [-0.39, 0.29) is 12.5 Å². The highest BCUT2D eigenvalue weighted by atomic mass is 16.5. The van der Waals surface area contributed by atoms with Gasteiger partial charge in [-0.3, -0.25) is 0 Å². The van der Waals surface area contributed by atoms with Gasteiger partial charge in [-0.25, -0.2) is 4.79 Å². The second-order valence-electron chi connectivity index (χ2n) is 5.59. The number of aryl methyl sites for hydroxylation is 3. The van der Waals surface area contributed by atoms with E-state index in [0.29, 0.717) is 23.0 Å². The van der Waals surface area contributed by atoms with Gasteiger partial charge in [0.05, 0.1) is 18.2 Å². The minimum atomic E-state index is -0.492. The Balaban J connectivity index is 1.68. The standard InChI is InChI=1S/C18H18N2O5/c1-10-5-6-13(8-15(10)22-4)18(21)23-9-16-19-20-17(25-16)14-7-11(2)24-12(14)3/h5-8H,9H2,1-4H3. The lowest BCUT2D eigenvalue weighted by Crippen LogP contribution is -2.06. The maximum atomic E-state index is 12.1. The Kier molecular flexibility index (Phi) is 4.56. The summed E-state index contributed by atoms with van der Waals surface area (Å²) < 4.78 is 21.4. The zero-order valence-electron chi connectivity index (χ0n) is 14.5. The number of aromatic nitrogens is 2. The van der Waals surface area contributed by atoms with Crippen LogP contribution in [0.5, 0.6) is 5.75 Å². The van der Waals surface area contributed by atoms with E-state index >= 15 is 0 Å². The Morgan fingerprint density at radius 3 is 2.60 bits per heavy atom. The van der Waals surface area contributed by atoms with Gasteiger partial charge in [-0.05, 0) is 44.5 Å². The number of carbonyl (C=O) groups is 1. The molecule has 3 rings (SSSR count). The van der Waals surface area contributed by atoms with E-state index in [0.717, 1.165) is 16.9 Å². The number of hydrogen-bond donors (Lipinski definition) is 0. The third-order valence-corrected chi connectivity index (χ3v) is 3.71. The summed E-state index contributed by atoms with van der Waals surface area (Å²) in [5.74, 6) is 2.12. The van der Waals surface area contributed by atoms with Crippen molar-refractivity contribution in [3.05, 3.63) is 52.8 Å². The fraction of sp³-hybridized carbons (Fsp3) is 0.278. The van der Waals surface area contributed by atoms with E-state index in [4.69, 9.17) is 18.3 Å². The number of hydrogen-bond acceptors (Lipinski definition) is 7. The molecule has 0 saturated heterocycles. The van der Waals surface area contributed by atoms with Crippen LogP contribution in [-0.4, -0.2) is 23.3 Å². The van der Waals surface area contributed by atoms with Gasteiger partial charge < -0.3 is 18.3 Å². The Morgan fingerprint density at radius 2 is 1.92 bits per heavy atom. The number of benzene rings is 1. The normalized spacial score (nSPS) is 10.7. The number of rotatable bonds is 5. The molecule has 7 nitrogen and oxygen atoms in total. The first-order chi connectivity index (χ1) is 12.0. The first kappa shape index (κ1) is 16.8. The predicted molar refractivity (Wildman–Crippen MR) is 88.3 cm³/mol. The van der Waals surface area contributed by atoms with Gasteiger partial charge in [-0.15, -0.1) is 10.2 Å². The smallest absolute Gasteiger partial charge is 0.338 e. The van der Waals surface area contributed by atoms with Crippen LogP contribution in [-0.2, 0) is 11.3 Å². The third-order valence-electron chi connectivity index (χ3n) is 3.71. The molecule has 3 aromatic rings. The second-order valence-corrected chi connectivity index (χ2v) is 5.59. The fourth-order valence-corrected chi connectivity index (χ4v) is 2.42. The highest BCUT2D eigenvalue weighted by Crippen LogP contribution is 2.25. The topological polar surface area (TPSA) is 87.6 Å². The molecular formula is C18H18N2O5. The summed E-state index contributed by atoms with van der Waals surface area (Å²) in [6, 6.07) is 6.92. The van der Waals surface area contributed by atoms with Gasteiger partial charge in [0.1, 0.15) is 17.3 Å². The predicted octanol–water partition coefficient (Wildman–Crippen LogP) is 3.62. The van der Waals surface area contributed by atoms with Gasteiger partial charge in [0, 0.05) is 0 Å². The molecule has 1 aromatic carbocycles. The van der Waals surface area contributed by atoms with Crippen molar-refractivity contribution in [1.82, 2.24) is 10.2 Å². The summed E-state index contributed by atoms with van der Waals surface area (Å²) in [5.41, 5.74) is 2.06. The number of esters is 1. The van der Waals surface area contributed by atoms with Crippen molar-refractivity contribution in [2.24, 2.45) is 0 Å². The summed E-state index contributed by atoms with van der Waals surface area (Å²) in [5, 5.41) is 7.86. The van der Waals surface area contributed by atoms with Crippen molar-refractivity contribution in [1.29, 1.82) is 0 Å². The average Bonchev–Trinajstić information content (AvgIpc) is 3.19. The maximum absolute atomic E-state index is 12.1. The number of ether oxygens (including phenoxy) is 2. The quantitative estimate of drug-likeness (QED) is 0.654. The Bertz CT molecular complexity index is 910. The Morgan fingerprint density at radius 1 is 1.12 bits per heavy atom. The molecule has 25 heavy (non-hydrogen) atoms. The molecule has 130 valence electrons. The number of methoxy groups -OCH3 is 1. The minimum absolute atomic E-state index is 0.113. The summed E-state index contributed by atoms with van der Waals surface area (Å²) >= 11 is 0. The molecule has 0 aliphatic heterocycles. The van der Waals surface area contributed by atoms with Crippen LogP contribution >= 0.6 is 0 Å². The lowest BCUT2D eigenvalue weighted by Gasteiger charge is -2.07. The fourth-order valence-electron chi connectivity index (χ4n) is 2.42. The highest BCUT2D eigenvalue weighted by molar-refractivity contribution is 5.90. The summed E-state index contributed by atoms with van der Waals surface area (Å²) in [6.45, 7) is 5.44. The van der Waals surface area contributed by atoms with Crippen LogP contribution in [0, 0.1) is 20.8 Å². The lowest BCUT2D eigenvalue weighted by atomic mass is 10.1. The van der Waals surface area contributed by atoms with Crippen LogP contribution in [0.3, 0.4) is 0 Å². The number of nitrogens with zero attached hydrogens (tertiary/aromatic N) is 2. The van der Waals surface area contributed by atoms with E-state index in [1.807, 2.05) is 26.8 Å². The van der Waals surface area contributed by atoms with Gasteiger partial charge >= 0.3 is 5.97 Å². The van der Waals surface area contributed by atoms with E-state index in [1.165, 1.54) is 0 Å². The van der Waals surface area contributed by atoms with Crippen LogP contribution in [0.1, 0.15) is 33.3 Å². The first-order valence-electron chi connectivity index (χ1n) is 7.69. The summed E-state index contributed by atoms with van der Waals surface area (Å²) in [6.07, 6.45) is 0. The molecule has 0 aliphatic rings. The van der Waals surface area contributed by atoms with Crippen molar-refractivity contribution >= 4 is 5.97 Å². The van der Waals surface area contributed by atoms with Crippen molar-refractivity contribution in [3.8, 4) is 17.2 Å². The van der Waals surface area contributed by atoms with Crippen LogP contribution in [0.15, 0.2) is 33.1 Å². The zero-order chi connectivity index (χ0) is 18.0. The largest absolute Gasteiger partial charge is 0.496 e.